The summed E-state index contributed by atoms with van der Waals surface area (Å²) in [5.74, 6) is -0.0533. The van der Waals surface area contributed by atoms with Gasteiger partial charge in [-0.1, -0.05) is 30.3 Å². The lowest BCUT2D eigenvalue weighted by Gasteiger charge is -2.27. The van der Waals surface area contributed by atoms with Gasteiger partial charge in [0.15, 0.2) is 0 Å². The van der Waals surface area contributed by atoms with Crippen LogP contribution in [0.5, 0.6) is 0 Å². The van der Waals surface area contributed by atoms with Gasteiger partial charge < -0.3 is 9.64 Å². The third kappa shape index (κ3) is 5.84. The molecule has 0 fully saturated rings. The highest BCUT2D eigenvalue weighted by Gasteiger charge is 2.41. The van der Waals surface area contributed by atoms with Crippen molar-refractivity contribution < 1.29 is 35.9 Å². The van der Waals surface area contributed by atoms with E-state index in [2.05, 4.69) is 10.3 Å². The van der Waals surface area contributed by atoms with Crippen molar-refractivity contribution in [2.45, 2.75) is 31.4 Å². The molecule has 2 aromatic carbocycles. The maximum absolute atomic E-state index is 13.1. The number of benzene rings is 2. The van der Waals surface area contributed by atoms with Crippen LogP contribution in [0.1, 0.15) is 29.2 Å². The molecule has 0 saturated carbocycles. The molecule has 0 aliphatic carbocycles. The number of ether oxygens (including phenoxy) is 1. The van der Waals surface area contributed by atoms with Gasteiger partial charge in [0.25, 0.3) is 0 Å². The molecule has 0 aromatic heterocycles. The van der Waals surface area contributed by atoms with Crippen LogP contribution in [0.2, 0.25) is 0 Å². The van der Waals surface area contributed by atoms with Gasteiger partial charge in [-0.3, -0.25) is 10.1 Å². The minimum absolute atomic E-state index is 0.0743. The van der Waals surface area contributed by atoms with Crippen molar-refractivity contribution >= 4 is 11.9 Å². The number of carbonyl (C=O) groups excluding carboxylic acids is 1. The normalized spacial score (nSPS) is 18.9. The highest BCUT2D eigenvalue weighted by Crippen LogP contribution is 2.37. The Kier molecular flexibility index (Phi) is 6.73. The number of amides is 1. The van der Waals surface area contributed by atoms with E-state index >= 15 is 0 Å². The average Bonchev–Trinajstić information content (AvgIpc) is 3.03. The quantitative estimate of drug-likeness (QED) is 0.648. The van der Waals surface area contributed by atoms with Gasteiger partial charge in [0.05, 0.1) is 30.9 Å². The van der Waals surface area contributed by atoms with E-state index in [0.717, 1.165) is 5.56 Å². The van der Waals surface area contributed by atoms with E-state index in [4.69, 9.17) is 4.74 Å². The summed E-state index contributed by atoms with van der Waals surface area (Å²) >= 11 is 0. The Morgan fingerprint density at radius 1 is 1.06 bits per heavy atom. The number of rotatable bonds is 5. The van der Waals surface area contributed by atoms with Crippen molar-refractivity contribution in [1.29, 1.82) is 0 Å². The van der Waals surface area contributed by atoms with Gasteiger partial charge in [0.2, 0.25) is 11.9 Å². The highest BCUT2D eigenvalue weighted by atomic mass is 19.4. The molecule has 1 heterocycles. The van der Waals surface area contributed by atoms with Gasteiger partial charge in [-0.25, -0.2) is 4.99 Å². The third-order valence-corrected chi connectivity index (χ3v) is 5.04. The molecule has 3 rings (SSSR count). The zero-order valence-corrected chi connectivity index (χ0v) is 17.7. The summed E-state index contributed by atoms with van der Waals surface area (Å²) < 4.78 is 84.3. The third-order valence-electron chi connectivity index (χ3n) is 5.04. The van der Waals surface area contributed by atoms with Gasteiger partial charge in [0, 0.05) is 14.0 Å². The number of hydrogen-bond acceptors (Lipinski definition) is 4. The van der Waals surface area contributed by atoms with Crippen LogP contribution in [0.15, 0.2) is 53.5 Å². The number of likely N-dealkylation sites (N-methyl/N-ethyl adjacent to an activating group) is 1. The van der Waals surface area contributed by atoms with Crippen LogP contribution in [-0.2, 0) is 34.0 Å². The Hall–Kier alpha value is -3.08. The zero-order valence-electron chi connectivity index (χ0n) is 17.7. The predicted octanol–water partition coefficient (Wildman–Crippen LogP) is 4.57. The summed E-state index contributed by atoms with van der Waals surface area (Å²) in [7, 11) is 1.70. The van der Waals surface area contributed by atoms with E-state index in [9.17, 15) is 31.1 Å². The standard InChI is InChI=1S/C22H21F6N3O2/c1-14(32)29-19-30-20(12-31(19)2,16-6-4-3-5-7-16)13-33-11-15-8-17(21(23,24)25)10-18(9-15)22(26,27)28/h3-10H,11-13H2,1-2H3,(H,29,30,32). The van der Waals surface area contributed by atoms with E-state index in [0.29, 0.717) is 12.1 Å². The molecule has 33 heavy (non-hydrogen) atoms. The van der Waals surface area contributed by atoms with Gasteiger partial charge in [-0.05, 0) is 29.3 Å². The Morgan fingerprint density at radius 2 is 1.64 bits per heavy atom. The van der Waals surface area contributed by atoms with E-state index in [1.165, 1.54) is 6.92 Å². The fraction of sp³-hybridized carbons (Fsp3) is 0.364. The largest absolute Gasteiger partial charge is 0.416 e. The first-order valence-electron chi connectivity index (χ1n) is 9.80. The lowest BCUT2D eigenvalue weighted by Crippen LogP contribution is -2.40. The summed E-state index contributed by atoms with van der Waals surface area (Å²) in [4.78, 5) is 17.7. The van der Waals surface area contributed by atoms with E-state index in [-0.39, 0.29) is 36.6 Å². The minimum Gasteiger partial charge on any atom is -0.374 e. The number of nitrogens with zero attached hydrogens (tertiary/aromatic N) is 2. The molecule has 1 atom stereocenters. The van der Waals surface area contributed by atoms with Crippen molar-refractivity contribution in [1.82, 2.24) is 10.2 Å². The van der Waals surface area contributed by atoms with Crippen LogP contribution < -0.4 is 5.32 Å². The molecular weight excluding hydrogens is 452 g/mol. The number of alkyl halides is 6. The molecule has 11 heteroatoms. The Bertz CT molecular complexity index is 1000. The molecule has 0 spiro atoms. The van der Waals surface area contributed by atoms with Crippen LogP contribution in [0.3, 0.4) is 0 Å². The fourth-order valence-corrected chi connectivity index (χ4v) is 3.58. The second kappa shape index (κ2) is 9.05. The number of nitrogens with one attached hydrogen (secondary N) is 1. The molecule has 178 valence electrons. The van der Waals surface area contributed by atoms with E-state index < -0.39 is 35.6 Å². The van der Waals surface area contributed by atoms with Gasteiger partial charge >= 0.3 is 12.4 Å². The maximum Gasteiger partial charge on any atom is 0.416 e. The second-order valence-corrected chi connectivity index (χ2v) is 7.78. The maximum atomic E-state index is 13.1. The lowest BCUT2D eigenvalue weighted by molar-refractivity contribution is -0.143. The summed E-state index contributed by atoms with van der Waals surface area (Å²) in [6.07, 6.45) is -9.88. The fourth-order valence-electron chi connectivity index (χ4n) is 3.58. The predicted molar refractivity (Wildman–Crippen MR) is 108 cm³/mol. The number of hydrogen-bond donors (Lipinski definition) is 1. The van der Waals surface area contributed by atoms with Crippen molar-refractivity contribution in [3.05, 3.63) is 70.8 Å². The van der Waals surface area contributed by atoms with Crippen molar-refractivity contribution in [2.75, 3.05) is 20.2 Å². The zero-order chi connectivity index (χ0) is 24.4. The van der Waals surface area contributed by atoms with Gasteiger partial charge in [-0.15, -0.1) is 0 Å². The monoisotopic (exact) mass is 473 g/mol. The molecule has 1 aliphatic rings. The lowest BCUT2D eigenvalue weighted by atomic mass is 9.92. The van der Waals surface area contributed by atoms with Crippen molar-refractivity contribution in [2.24, 2.45) is 4.99 Å². The summed E-state index contributed by atoms with van der Waals surface area (Å²) in [5, 5.41) is 2.60. The van der Waals surface area contributed by atoms with Crippen molar-refractivity contribution in [3.8, 4) is 0 Å². The minimum atomic E-state index is -4.94. The molecule has 5 nitrogen and oxygen atoms in total. The molecular formula is C22H21F6N3O2. The molecule has 0 bridgehead atoms. The van der Waals surface area contributed by atoms with Crippen LogP contribution in [0, 0.1) is 0 Å². The summed E-state index contributed by atoms with van der Waals surface area (Å²) in [6, 6.07) is 10.2. The van der Waals surface area contributed by atoms with Crippen LogP contribution >= 0.6 is 0 Å². The summed E-state index contributed by atoms with van der Waals surface area (Å²) in [5.41, 5.74) is -3.36. The Balaban J connectivity index is 1.87. The Morgan fingerprint density at radius 3 is 2.15 bits per heavy atom. The van der Waals surface area contributed by atoms with E-state index in [1.807, 2.05) is 0 Å². The second-order valence-electron chi connectivity index (χ2n) is 7.78. The number of guanidine groups is 1. The molecule has 0 saturated heterocycles. The number of carbonyl (C=O) groups is 1. The van der Waals surface area contributed by atoms with Crippen LogP contribution in [0.4, 0.5) is 26.3 Å². The molecule has 2 aromatic rings. The molecule has 1 N–H and O–H groups in total. The summed E-state index contributed by atoms with van der Waals surface area (Å²) in [6.45, 7) is 0.975. The Labute approximate surface area is 186 Å². The first-order valence-corrected chi connectivity index (χ1v) is 9.80. The molecule has 1 amide bonds. The van der Waals surface area contributed by atoms with Gasteiger partial charge in [-0.2, -0.15) is 26.3 Å². The number of aliphatic imine (C=N–C) groups is 1. The van der Waals surface area contributed by atoms with Crippen molar-refractivity contribution in [3.63, 3.8) is 0 Å². The molecule has 1 aliphatic heterocycles. The van der Waals surface area contributed by atoms with Crippen LogP contribution in [0.25, 0.3) is 0 Å². The molecule has 1 unspecified atom stereocenters. The first kappa shape index (κ1) is 24.6. The topological polar surface area (TPSA) is 53.9 Å². The number of halogens is 6. The SMILES string of the molecule is CC(=O)NC1=NC(COCc2cc(C(F)(F)F)cc(C(F)(F)F)c2)(c2ccccc2)CN1C. The smallest absolute Gasteiger partial charge is 0.374 e. The van der Waals surface area contributed by atoms with E-state index in [1.54, 1.807) is 42.3 Å². The molecule has 0 radical (unpaired) electrons. The average molecular weight is 473 g/mol. The van der Waals surface area contributed by atoms with Crippen LogP contribution in [-0.4, -0.2) is 37.0 Å². The van der Waals surface area contributed by atoms with Gasteiger partial charge in [0.1, 0.15) is 5.54 Å². The highest BCUT2D eigenvalue weighted by molar-refractivity contribution is 5.97. The first-order chi connectivity index (χ1) is 15.3.